The Hall–Kier alpha value is -2.25. The van der Waals surface area contributed by atoms with Gasteiger partial charge >= 0.3 is 18.2 Å². The number of amides is 2. The predicted molar refractivity (Wildman–Crippen MR) is 95.9 cm³/mol. The Morgan fingerprint density at radius 1 is 1.31 bits per heavy atom. The van der Waals surface area contributed by atoms with E-state index >= 15 is 0 Å². The highest BCUT2D eigenvalue weighted by atomic mass is 16.6. The van der Waals surface area contributed by atoms with Gasteiger partial charge in [0.1, 0.15) is 11.1 Å². The number of esters is 1. The number of piperidine rings is 1. The maximum atomic E-state index is 12.6. The van der Waals surface area contributed by atoms with Crippen LogP contribution in [-0.4, -0.2) is 59.0 Å². The highest BCUT2D eigenvalue weighted by Gasteiger charge is 2.45. The molecule has 0 bridgehead atoms. The third-order valence-electron chi connectivity index (χ3n) is 4.27. The zero-order chi connectivity index (χ0) is 20.0. The van der Waals surface area contributed by atoms with Gasteiger partial charge in [-0.2, -0.15) is 0 Å². The van der Waals surface area contributed by atoms with Crippen molar-refractivity contribution >= 4 is 18.2 Å². The Morgan fingerprint density at radius 2 is 1.96 bits per heavy atom. The molecule has 8 nitrogen and oxygen atoms in total. The number of carbonyl (C=O) groups is 3. The first kappa shape index (κ1) is 21.8. The number of nitrogens with zero attached hydrogens (tertiary/aromatic N) is 1. The zero-order valence-electron chi connectivity index (χ0n) is 16.0. The number of alkyl carbamates (subject to hydrolysis) is 1. The van der Waals surface area contributed by atoms with E-state index in [1.54, 1.807) is 20.8 Å². The minimum absolute atomic E-state index is 0.0945. The standard InChI is InChI=1S/C18H30N2O6/c1-6-10-18(14(21)25-5,19-15(22)26-17(2,3)4)12-13-9-7-8-11-20(13)16(23)24/h6,13H,1,7-12H2,2-5H3,(H,19,22)(H,23,24)/t13?,18-/m0/s1. The molecule has 8 heteroatoms. The maximum Gasteiger partial charge on any atom is 0.408 e. The molecule has 2 amide bonds. The lowest BCUT2D eigenvalue weighted by molar-refractivity contribution is -0.149. The number of hydrogen-bond acceptors (Lipinski definition) is 5. The van der Waals surface area contributed by atoms with Crippen LogP contribution in [0.5, 0.6) is 0 Å². The lowest BCUT2D eigenvalue weighted by atomic mass is 9.84. The molecular formula is C18H30N2O6. The fourth-order valence-corrected chi connectivity index (χ4v) is 3.21. The Bertz CT molecular complexity index is 542. The van der Waals surface area contributed by atoms with Crippen LogP contribution < -0.4 is 5.32 Å². The summed E-state index contributed by atoms with van der Waals surface area (Å²) in [5.74, 6) is -0.654. The van der Waals surface area contributed by atoms with Crippen molar-refractivity contribution in [3.05, 3.63) is 12.7 Å². The number of ether oxygens (including phenoxy) is 2. The van der Waals surface area contributed by atoms with Crippen LogP contribution in [0, 0.1) is 0 Å². The smallest absolute Gasteiger partial charge is 0.408 e. The molecule has 2 N–H and O–H groups in total. The minimum Gasteiger partial charge on any atom is -0.467 e. The van der Waals surface area contributed by atoms with Gasteiger partial charge in [0.05, 0.1) is 7.11 Å². The summed E-state index contributed by atoms with van der Waals surface area (Å²) in [6, 6.07) is -0.407. The second kappa shape index (κ2) is 8.91. The van der Waals surface area contributed by atoms with Gasteiger partial charge in [0.2, 0.25) is 0 Å². The maximum absolute atomic E-state index is 12.6. The van der Waals surface area contributed by atoms with Crippen molar-refractivity contribution in [3.8, 4) is 0 Å². The predicted octanol–water partition coefficient (Wildman–Crippen LogP) is 2.92. The van der Waals surface area contributed by atoms with Crippen LogP contribution in [0.3, 0.4) is 0 Å². The second-order valence-corrected chi connectivity index (χ2v) is 7.52. The second-order valence-electron chi connectivity index (χ2n) is 7.52. The molecule has 1 unspecified atom stereocenters. The molecular weight excluding hydrogens is 340 g/mol. The van der Waals surface area contributed by atoms with E-state index < -0.39 is 35.3 Å². The number of methoxy groups -OCH3 is 1. The van der Waals surface area contributed by atoms with Crippen LogP contribution >= 0.6 is 0 Å². The third-order valence-corrected chi connectivity index (χ3v) is 4.27. The van der Waals surface area contributed by atoms with E-state index in [4.69, 9.17) is 9.47 Å². The molecule has 0 saturated carbocycles. The van der Waals surface area contributed by atoms with Crippen LogP contribution in [0.15, 0.2) is 12.7 Å². The van der Waals surface area contributed by atoms with Gasteiger partial charge < -0.3 is 24.8 Å². The molecule has 0 spiro atoms. The van der Waals surface area contributed by atoms with E-state index in [0.29, 0.717) is 13.0 Å². The minimum atomic E-state index is -1.44. The average Bonchev–Trinajstić information content (AvgIpc) is 2.52. The quantitative estimate of drug-likeness (QED) is 0.550. The van der Waals surface area contributed by atoms with Crippen molar-refractivity contribution in [1.29, 1.82) is 0 Å². The van der Waals surface area contributed by atoms with Gasteiger partial charge in [-0.25, -0.2) is 14.4 Å². The van der Waals surface area contributed by atoms with E-state index in [1.807, 2.05) is 0 Å². The molecule has 0 aromatic heterocycles. The van der Waals surface area contributed by atoms with Gasteiger partial charge in [0.15, 0.2) is 0 Å². The Kier molecular flexibility index (Phi) is 7.47. The van der Waals surface area contributed by atoms with E-state index in [-0.39, 0.29) is 12.8 Å². The highest BCUT2D eigenvalue weighted by molar-refractivity contribution is 5.86. The summed E-state index contributed by atoms with van der Waals surface area (Å²) in [5, 5.41) is 12.1. The summed E-state index contributed by atoms with van der Waals surface area (Å²) in [7, 11) is 1.23. The SMILES string of the molecule is C=CC[C@@](CC1CCCCN1C(=O)O)(NC(=O)OC(C)(C)C)C(=O)OC. The summed E-state index contributed by atoms with van der Waals surface area (Å²) in [6.07, 6.45) is 2.13. The van der Waals surface area contributed by atoms with Crippen LogP contribution in [0.2, 0.25) is 0 Å². The number of hydrogen-bond donors (Lipinski definition) is 2. The fourth-order valence-electron chi connectivity index (χ4n) is 3.21. The Balaban J connectivity index is 3.13. The van der Waals surface area contributed by atoms with Crippen molar-refractivity contribution in [3.63, 3.8) is 0 Å². The molecule has 26 heavy (non-hydrogen) atoms. The van der Waals surface area contributed by atoms with Gasteiger partial charge in [-0.15, -0.1) is 6.58 Å². The van der Waals surface area contributed by atoms with E-state index in [9.17, 15) is 19.5 Å². The summed E-state index contributed by atoms with van der Waals surface area (Å²) >= 11 is 0. The van der Waals surface area contributed by atoms with E-state index in [0.717, 1.165) is 12.8 Å². The molecule has 0 radical (unpaired) electrons. The van der Waals surface area contributed by atoms with Crippen LogP contribution in [0.25, 0.3) is 0 Å². The molecule has 1 fully saturated rings. The summed E-state index contributed by atoms with van der Waals surface area (Å²) < 4.78 is 10.2. The molecule has 1 saturated heterocycles. The first-order valence-electron chi connectivity index (χ1n) is 8.74. The molecule has 1 aliphatic heterocycles. The summed E-state index contributed by atoms with van der Waals surface area (Å²) in [4.78, 5) is 37.7. The van der Waals surface area contributed by atoms with Gasteiger partial charge in [-0.05, 0) is 46.5 Å². The topological polar surface area (TPSA) is 105 Å². The number of nitrogens with one attached hydrogen (secondary N) is 1. The molecule has 0 aromatic rings. The number of likely N-dealkylation sites (tertiary alicyclic amines) is 1. The number of rotatable bonds is 6. The lowest BCUT2D eigenvalue weighted by Crippen LogP contribution is -2.59. The van der Waals surface area contributed by atoms with Crippen molar-refractivity contribution in [2.45, 2.75) is 70.1 Å². The lowest BCUT2D eigenvalue weighted by Gasteiger charge is -2.40. The molecule has 0 aliphatic carbocycles. The normalized spacial score (nSPS) is 19.8. The van der Waals surface area contributed by atoms with E-state index in [1.165, 1.54) is 18.1 Å². The summed E-state index contributed by atoms with van der Waals surface area (Å²) in [5.41, 5.74) is -2.17. The largest absolute Gasteiger partial charge is 0.467 e. The Morgan fingerprint density at radius 3 is 2.46 bits per heavy atom. The van der Waals surface area contributed by atoms with Gasteiger partial charge in [0, 0.05) is 19.0 Å². The average molecular weight is 370 g/mol. The molecule has 1 rings (SSSR count). The fraction of sp³-hybridized carbons (Fsp3) is 0.722. The molecule has 148 valence electrons. The van der Waals surface area contributed by atoms with Crippen LogP contribution in [0.1, 0.15) is 52.9 Å². The molecule has 1 aliphatic rings. The van der Waals surface area contributed by atoms with Crippen LogP contribution in [0.4, 0.5) is 9.59 Å². The molecule has 0 aromatic carbocycles. The van der Waals surface area contributed by atoms with E-state index in [2.05, 4.69) is 11.9 Å². The van der Waals surface area contributed by atoms with Gasteiger partial charge in [0.25, 0.3) is 0 Å². The molecule has 1 heterocycles. The van der Waals surface area contributed by atoms with Crippen molar-refractivity contribution in [2.24, 2.45) is 0 Å². The Labute approximate surface area is 154 Å². The zero-order valence-corrected chi connectivity index (χ0v) is 16.0. The summed E-state index contributed by atoms with van der Waals surface area (Å²) in [6.45, 7) is 9.21. The van der Waals surface area contributed by atoms with Crippen molar-refractivity contribution in [1.82, 2.24) is 10.2 Å². The van der Waals surface area contributed by atoms with Crippen molar-refractivity contribution < 1.29 is 29.0 Å². The van der Waals surface area contributed by atoms with Gasteiger partial charge in [-0.3, -0.25) is 0 Å². The van der Waals surface area contributed by atoms with Crippen LogP contribution in [-0.2, 0) is 14.3 Å². The number of carboxylic acid groups (broad SMARTS) is 1. The van der Waals surface area contributed by atoms with Crippen molar-refractivity contribution in [2.75, 3.05) is 13.7 Å². The number of carbonyl (C=O) groups excluding carboxylic acids is 2. The third kappa shape index (κ3) is 5.93. The highest BCUT2D eigenvalue weighted by Crippen LogP contribution is 2.29. The first-order chi connectivity index (χ1) is 12.0. The molecule has 2 atom stereocenters. The van der Waals surface area contributed by atoms with Gasteiger partial charge in [-0.1, -0.05) is 6.08 Å². The first-order valence-corrected chi connectivity index (χ1v) is 8.74. The monoisotopic (exact) mass is 370 g/mol.